The SMILES string of the molecule is COCCNC(=O)CNC(C)c1sc(C(C)(C)C)nc1C. The molecule has 1 atom stereocenters. The van der Waals surface area contributed by atoms with Gasteiger partial charge in [0.25, 0.3) is 0 Å². The summed E-state index contributed by atoms with van der Waals surface area (Å²) in [6.45, 7) is 12.0. The first-order chi connectivity index (χ1) is 9.75. The summed E-state index contributed by atoms with van der Waals surface area (Å²) in [4.78, 5) is 17.5. The van der Waals surface area contributed by atoms with Crippen LogP contribution in [-0.4, -0.2) is 37.7 Å². The van der Waals surface area contributed by atoms with E-state index in [4.69, 9.17) is 4.74 Å². The lowest BCUT2D eigenvalue weighted by Crippen LogP contribution is -2.36. The summed E-state index contributed by atoms with van der Waals surface area (Å²) in [6, 6.07) is 0.117. The number of nitrogens with zero attached hydrogens (tertiary/aromatic N) is 1. The van der Waals surface area contributed by atoms with E-state index in [0.29, 0.717) is 19.7 Å². The molecule has 0 saturated heterocycles. The number of aromatic nitrogens is 1. The largest absolute Gasteiger partial charge is 0.383 e. The molecule has 0 radical (unpaired) electrons. The van der Waals surface area contributed by atoms with Crippen molar-refractivity contribution in [2.24, 2.45) is 0 Å². The van der Waals surface area contributed by atoms with Gasteiger partial charge in [-0.25, -0.2) is 4.98 Å². The molecule has 0 aliphatic heterocycles. The molecule has 0 aliphatic rings. The Balaban J connectivity index is 2.54. The molecule has 1 heterocycles. The zero-order valence-electron chi connectivity index (χ0n) is 13.9. The lowest BCUT2D eigenvalue weighted by Gasteiger charge is -2.14. The Labute approximate surface area is 131 Å². The van der Waals surface area contributed by atoms with E-state index in [9.17, 15) is 4.79 Å². The zero-order valence-corrected chi connectivity index (χ0v) is 14.7. The Morgan fingerprint density at radius 2 is 2.10 bits per heavy atom. The first-order valence-corrected chi connectivity index (χ1v) is 8.04. The van der Waals surface area contributed by atoms with Gasteiger partial charge in [0, 0.05) is 30.0 Å². The van der Waals surface area contributed by atoms with Crippen molar-refractivity contribution in [1.29, 1.82) is 0 Å². The summed E-state index contributed by atoms with van der Waals surface area (Å²) in [5, 5.41) is 7.18. The molecule has 5 nitrogen and oxygen atoms in total. The fraction of sp³-hybridized carbons (Fsp3) is 0.733. The highest BCUT2D eigenvalue weighted by Gasteiger charge is 2.22. The van der Waals surface area contributed by atoms with E-state index in [1.54, 1.807) is 18.4 Å². The molecule has 0 bridgehead atoms. The highest BCUT2D eigenvalue weighted by Crippen LogP contribution is 2.32. The number of carbonyl (C=O) groups is 1. The summed E-state index contributed by atoms with van der Waals surface area (Å²) in [7, 11) is 1.62. The van der Waals surface area contributed by atoms with Gasteiger partial charge >= 0.3 is 0 Å². The second-order valence-electron chi connectivity index (χ2n) is 6.16. The van der Waals surface area contributed by atoms with Gasteiger partial charge in [0.1, 0.15) is 0 Å². The van der Waals surface area contributed by atoms with E-state index in [0.717, 1.165) is 10.7 Å². The number of hydrogen-bond donors (Lipinski definition) is 2. The fourth-order valence-electron chi connectivity index (χ4n) is 1.82. The van der Waals surface area contributed by atoms with Crippen molar-refractivity contribution in [2.45, 2.75) is 46.1 Å². The molecule has 6 heteroatoms. The van der Waals surface area contributed by atoms with Crippen molar-refractivity contribution in [1.82, 2.24) is 15.6 Å². The average molecular weight is 313 g/mol. The number of methoxy groups -OCH3 is 1. The van der Waals surface area contributed by atoms with Crippen LogP contribution in [0.25, 0.3) is 0 Å². The normalized spacial score (nSPS) is 13.2. The maximum absolute atomic E-state index is 11.7. The van der Waals surface area contributed by atoms with Gasteiger partial charge in [-0.1, -0.05) is 20.8 Å². The zero-order chi connectivity index (χ0) is 16.0. The van der Waals surface area contributed by atoms with E-state index in [1.807, 2.05) is 6.92 Å². The number of ether oxygens (including phenoxy) is 1. The number of aryl methyl sites for hydroxylation is 1. The van der Waals surface area contributed by atoms with Gasteiger partial charge in [-0.15, -0.1) is 11.3 Å². The maximum Gasteiger partial charge on any atom is 0.234 e. The minimum atomic E-state index is -0.0166. The molecule has 0 aromatic carbocycles. The molecule has 1 rings (SSSR count). The third-order valence-electron chi connectivity index (χ3n) is 3.06. The van der Waals surface area contributed by atoms with Gasteiger partial charge in [0.15, 0.2) is 0 Å². The van der Waals surface area contributed by atoms with E-state index in [1.165, 1.54) is 4.88 Å². The molecule has 21 heavy (non-hydrogen) atoms. The van der Waals surface area contributed by atoms with Crippen molar-refractivity contribution in [2.75, 3.05) is 26.8 Å². The number of rotatable bonds is 7. The Morgan fingerprint density at radius 1 is 1.43 bits per heavy atom. The van der Waals surface area contributed by atoms with Gasteiger partial charge in [-0.2, -0.15) is 0 Å². The summed E-state index contributed by atoms with van der Waals surface area (Å²) in [6.07, 6.45) is 0. The third kappa shape index (κ3) is 5.73. The molecule has 0 aliphatic carbocycles. The number of hydrogen-bond acceptors (Lipinski definition) is 5. The van der Waals surface area contributed by atoms with Crippen molar-refractivity contribution in [3.8, 4) is 0 Å². The van der Waals surface area contributed by atoms with E-state index < -0.39 is 0 Å². The van der Waals surface area contributed by atoms with Crippen LogP contribution in [0.1, 0.15) is 49.3 Å². The van der Waals surface area contributed by atoms with Gasteiger partial charge in [0.2, 0.25) is 5.91 Å². The first kappa shape index (κ1) is 18.1. The Hall–Kier alpha value is -0.980. The maximum atomic E-state index is 11.7. The predicted octanol–water partition coefficient (Wildman–Crippen LogP) is 2.16. The lowest BCUT2D eigenvalue weighted by molar-refractivity contribution is -0.120. The average Bonchev–Trinajstić information content (AvgIpc) is 2.78. The summed E-state index contributed by atoms with van der Waals surface area (Å²) in [5.74, 6) is -0.0166. The second-order valence-corrected chi connectivity index (χ2v) is 7.19. The number of nitrogens with one attached hydrogen (secondary N) is 2. The highest BCUT2D eigenvalue weighted by molar-refractivity contribution is 7.12. The van der Waals surface area contributed by atoms with Crippen LogP contribution in [0.5, 0.6) is 0 Å². The Kier molecular flexibility index (Phi) is 6.77. The predicted molar refractivity (Wildman–Crippen MR) is 86.9 cm³/mol. The minimum absolute atomic E-state index is 0.0166. The molecule has 1 aromatic rings. The topological polar surface area (TPSA) is 63.2 Å². The van der Waals surface area contributed by atoms with Crippen LogP contribution in [0.4, 0.5) is 0 Å². The molecule has 0 spiro atoms. The van der Waals surface area contributed by atoms with Crippen LogP contribution in [0.3, 0.4) is 0 Å². The highest BCUT2D eigenvalue weighted by atomic mass is 32.1. The smallest absolute Gasteiger partial charge is 0.234 e. The lowest BCUT2D eigenvalue weighted by atomic mass is 9.98. The monoisotopic (exact) mass is 313 g/mol. The molecule has 1 aromatic heterocycles. The molecule has 1 amide bonds. The van der Waals surface area contributed by atoms with E-state index >= 15 is 0 Å². The van der Waals surface area contributed by atoms with Gasteiger partial charge < -0.3 is 15.4 Å². The van der Waals surface area contributed by atoms with Crippen molar-refractivity contribution in [3.05, 3.63) is 15.6 Å². The third-order valence-corrected chi connectivity index (χ3v) is 4.83. The van der Waals surface area contributed by atoms with Crippen LogP contribution in [0.15, 0.2) is 0 Å². The molecule has 120 valence electrons. The Morgan fingerprint density at radius 3 is 2.62 bits per heavy atom. The van der Waals surface area contributed by atoms with Crippen LogP contribution >= 0.6 is 11.3 Å². The molecular formula is C15H27N3O2S. The van der Waals surface area contributed by atoms with Crippen LogP contribution in [0.2, 0.25) is 0 Å². The summed E-state index contributed by atoms with van der Waals surface area (Å²) >= 11 is 1.72. The molecule has 2 N–H and O–H groups in total. The quantitative estimate of drug-likeness (QED) is 0.757. The summed E-state index contributed by atoms with van der Waals surface area (Å²) in [5.41, 5.74) is 1.11. The van der Waals surface area contributed by atoms with Crippen LogP contribution in [0, 0.1) is 6.92 Å². The first-order valence-electron chi connectivity index (χ1n) is 7.22. The van der Waals surface area contributed by atoms with Crippen molar-refractivity contribution >= 4 is 17.2 Å². The Bertz CT molecular complexity index is 466. The molecule has 1 unspecified atom stereocenters. The van der Waals surface area contributed by atoms with Crippen LogP contribution in [-0.2, 0) is 14.9 Å². The van der Waals surface area contributed by atoms with Gasteiger partial charge in [-0.05, 0) is 13.8 Å². The van der Waals surface area contributed by atoms with E-state index in [2.05, 4.69) is 43.3 Å². The minimum Gasteiger partial charge on any atom is -0.383 e. The molecule has 0 fully saturated rings. The standard InChI is InChI=1S/C15H27N3O2S/c1-10(17-9-12(19)16-7-8-20-6)13-11(2)18-14(21-13)15(3,4)5/h10,17H,7-9H2,1-6H3,(H,16,19). The number of thiazole rings is 1. The number of carbonyl (C=O) groups excluding carboxylic acids is 1. The van der Waals surface area contributed by atoms with Crippen molar-refractivity contribution in [3.63, 3.8) is 0 Å². The van der Waals surface area contributed by atoms with Gasteiger partial charge in [-0.3, -0.25) is 4.79 Å². The fourth-order valence-corrected chi connectivity index (χ4v) is 2.97. The number of amides is 1. The van der Waals surface area contributed by atoms with Crippen LogP contribution < -0.4 is 10.6 Å². The van der Waals surface area contributed by atoms with Gasteiger partial charge in [0.05, 0.1) is 23.9 Å². The van der Waals surface area contributed by atoms with E-state index in [-0.39, 0.29) is 17.4 Å². The second kappa shape index (κ2) is 7.87. The van der Waals surface area contributed by atoms with Crippen molar-refractivity contribution < 1.29 is 9.53 Å². The molecular weight excluding hydrogens is 286 g/mol. The summed E-state index contributed by atoms with van der Waals surface area (Å²) < 4.78 is 4.90. The molecule has 0 saturated carbocycles.